The molecule has 0 amide bonds. The van der Waals surface area contributed by atoms with Gasteiger partial charge in [0.15, 0.2) is 0 Å². The summed E-state index contributed by atoms with van der Waals surface area (Å²) in [4.78, 5) is 2.50. The quantitative estimate of drug-likeness (QED) is 0.890. The van der Waals surface area contributed by atoms with Crippen molar-refractivity contribution in [2.45, 2.75) is 31.4 Å². The molecule has 110 valence electrons. The van der Waals surface area contributed by atoms with Crippen molar-refractivity contribution in [1.82, 2.24) is 10.2 Å². The minimum Gasteiger partial charge on any atom is -0.374 e. The van der Waals surface area contributed by atoms with E-state index < -0.39 is 0 Å². The molecule has 0 radical (unpaired) electrons. The topological polar surface area (TPSA) is 24.5 Å². The second-order valence-electron chi connectivity index (χ2n) is 6.03. The minimum absolute atomic E-state index is 0.340. The molecular weight excluding hydrogens is 248 g/mol. The average Bonchev–Trinajstić information content (AvgIpc) is 3.30. The highest BCUT2D eigenvalue weighted by Gasteiger charge is 2.47. The number of nitrogens with zero attached hydrogens (tertiary/aromatic N) is 1. The van der Waals surface area contributed by atoms with E-state index in [-0.39, 0.29) is 0 Å². The lowest BCUT2D eigenvalue weighted by Crippen LogP contribution is -2.52. The molecule has 4 unspecified atom stereocenters. The van der Waals surface area contributed by atoms with Gasteiger partial charge in [0.05, 0.1) is 12.7 Å². The smallest absolute Gasteiger partial charge is 0.0858 e. The van der Waals surface area contributed by atoms with Crippen molar-refractivity contribution in [3.8, 4) is 0 Å². The molecule has 1 heterocycles. The first-order valence-corrected chi connectivity index (χ1v) is 7.89. The summed E-state index contributed by atoms with van der Waals surface area (Å²) in [5, 5.41) is 3.53. The Labute approximate surface area is 122 Å². The average molecular weight is 274 g/mol. The molecule has 0 spiro atoms. The van der Waals surface area contributed by atoms with Crippen molar-refractivity contribution in [2.75, 3.05) is 33.3 Å². The molecule has 1 aliphatic carbocycles. The first-order chi connectivity index (χ1) is 9.83. The van der Waals surface area contributed by atoms with Gasteiger partial charge in [-0.1, -0.05) is 37.3 Å². The van der Waals surface area contributed by atoms with Crippen LogP contribution in [0.25, 0.3) is 0 Å². The molecule has 1 saturated heterocycles. The Bertz CT molecular complexity index is 422. The number of benzene rings is 1. The van der Waals surface area contributed by atoms with E-state index in [0.717, 1.165) is 32.2 Å². The maximum atomic E-state index is 6.04. The SMILES string of the molecule is CCN1CCOC(C(NC)C2CC2c2ccccc2)C1. The number of rotatable bonds is 5. The van der Waals surface area contributed by atoms with Gasteiger partial charge >= 0.3 is 0 Å². The maximum Gasteiger partial charge on any atom is 0.0858 e. The van der Waals surface area contributed by atoms with Gasteiger partial charge in [0.25, 0.3) is 0 Å². The molecule has 3 nitrogen and oxygen atoms in total. The Kier molecular flexibility index (Phi) is 4.39. The third-order valence-corrected chi connectivity index (χ3v) is 4.89. The van der Waals surface area contributed by atoms with Gasteiger partial charge in [-0.15, -0.1) is 0 Å². The van der Waals surface area contributed by atoms with Crippen molar-refractivity contribution in [1.29, 1.82) is 0 Å². The van der Waals surface area contributed by atoms with E-state index in [4.69, 9.17) is 4.74 Å². The molecule has 1 N–H and O–H groups in total. The van der Waals surface area contributed by atoms with E-state index in [9.17, 15) is 0 Å². The number of nitrogens with one attached hydrogen (secondary N) is 1. The summed E-state index contributed by atoms with van der Waals surface area (Å²) < 4.78 is 6.04. The van der Waals surface area contributed by atoms with Gasteiger partial charge in [-0.2, -0.15) is 0 Å². The van der Waals surface area contributed by atoms with Crippen LogP contribution < -0.4 is 5.32 Å². The van der Waals surface area contributed by atoms with Crippen molar-refractivity contribution in [3.05, 3.63) is 35.9 Å². The molecule has 0 bridgehead atoms. The highest BCUT2D eigenvalue weighted by Crippen LogP contribution is 2.50. The predicted octanol–water partition coefficient (Wildman–Crippen LogP) is 2.10. The van der Waals surface area contributed by atoms with Crippen molar-refractivity contribution in [3.63, 3.8) is 0 Å². The fraction of sp³-hybridized carbons (Fsp3) is 0.647. The zero-order valence-corrected chi connectivity index (χ0v) is 12.6. The van der Waals surface area contributed by atoms with Crippen molar-refractivity contribution < 1.29 is 4.74 Å². The first-order valence-electron chi connectivity index (χ1n) is 7.89. The van der Waals surface area contributed by atoms with Gasteiger partial charge < -0.3 is 10.1 Å². The largest absolute Gasteiger partial charge is 0.374 e. The van der Waals surface area contributed by atoms with Crippen molar-refractivity contribution >= 4 is 0 Å². The van der Waals surface area contributed by atoms with Crippen LogP contribution in [0.3, 0.4) is 0 Å². The lowest BCUT2D eigenvalue weighted by molar-refractivity contribution is -0.0476. The number of hydrogen-bond donors (Lipinski definition) is 1. The molecule has 3 heteroatoms. The highest BCUT2D eigenvalue weighted by atomic mass is 16.5. The lowest BCUT2D eigenvalue weighted by Gasteiger charge is -2.36. The zero-order valence-electron chi connectivity index (χ0n) is 12.6. The van der Waals surface area contributed by atoms with E-state index in [1.54, 1.807) is 0 Å². The van der Waals surface area contributed by atoms with Gasteiger partial charge in [-0.3, -0.25) is 4.90 Å². The molecule has 1 aliphatic heterocycles. The summed E-state index contributed by atoms with van der Waals surface area (Å²) in [5.74, 6) is 1.44. The van der Waals surface area contributed by atoms with Crippen LogP contribution in [0.4, 0.5) is 0 Å². The summed E-state index contributed by atoms with van der Waals surface area (Å²) in [5.41, 5.74) is 1.49. The summed E-state index contributed by atoms with van der Waals surface area (Å²) in [6.45, 7) is 6.39. The van der Waals surface area contributed by atoms with Crippen LogP contribution >= 0.6 is 0 Å². The number of morpholine rings is 1. The van der Waals surface area contributed by atoms with Gasteiger partial charge in [0.1, 0.15) is 0 Å². The predicted molar refractivity (Wildman–Crippen MR) is 82.0 cm³/mol. The van der Waals surface area contributed by atoms with Gasteiger partial charge in [-0.25, -0.2) is 0 Å². The van der Waals surface area contributed by atoms with Crippen LogP contribution in [0.5, 0.6) is 0 Å². The van der Waals surface area contributed by atoms with Gasteiger partial charge in [-0.05, 0) is 37.4 Å². The van der Waals surface area contributed by atoms with Gasteiger partial charge in [0.2, 0.25) is 0 Å². The van der Waals surface area contributed by atoms with Crippen LogP contribution in [0.15, 0.2) is 30.3 Å². The molecule has 1 aromatic carbocycles. The summed E-state index contributed by atoms with van der Waals surface area (Å²) in [7, 11) is 2.08. The Hall–Kier alpha value is -0.900. The second-order valence-corrected chi connectivity index (χ2v) is 6.03. The summed E-state index contributed by atoms with van der Waals surface area (Å²) >= 11 is 0. The van der Waals surface area contributed by atoms with Gasteiger partial charge in [0, 0.05) is 19.1 Å². The maximum absolute atomic E-state index is 6.04. The Morgan fingerprint density at radius 2 is 2.15 bits per heavy atom. The number of likely N-dealkylation sites (N-methyl/N-ethyl adjacent to an activating group) is 2. The molecule has 2 fully saturated rings. The molecule has 2 aliphatic rings. The monoisotopic (exact) mass is 274 g/mol. The minimum atomic E-state index is 0.340. The third-order valence-electron chi connectivity index (χ3n) is 4.89. The first kappa shape index (κ1) is 14.1. The normalized spacial score (nSPS) is 32.0. The Morgan fingerprint density at radius 1 is 1.35 bits per heavy atom. The van der Waals surface area contributed by atoms with Crippen molar-refractivity contribution in [2.24, 2.45) is 5.92 Å². The van der Waals surface area contributed by atoms with Crippen LogP contribution in [0.1, 0.15) is 24.8 Å². The van der Waals surface area contributed by atoms with Crippen LogP contribution in [-0.4, -0.2) is 50.3 Å². The Balaban J connectivity index is 1.63. The van der Waals surface area contributed by atoms with E-state index in [1.807, 2.05) is 0 Å². The standard InChI is InChI=1S/C17H26N2O/c1-3-19-9-10-20-16(12-19)17(18-2)15-11-14(15)13-7-5-4-6-8-13/h4-8,14-18H,3,9-12H2,1-2H3. The molecule has 0 aromatic heterocycles. The molecule has 3 rings (SSSR count). The molecule has 4 atom stereocenters. The number of hydrogen-bond acceptors (Lipinski definition) is 3. The Morgan fingerprint density at radius 3 is 2.85 bits per heavy atom. The highest BCUT2D eigenvalue weighted by molar-refractivity contribution is 5.27. The molecule has 1 saturated carbocycles. The second kappa shape index (κ2) is 6.25. The van der Waals surface area contributed by atoms with Crippen LogP contribution in [0.2, 0.25) is 0 Å². The fourth-order valence-corrected chi connectivity index (χ4v) is 3.61. The molecular formula is C17H26N2O. The summed E-state index contributed by atoms with van der Waals surface area (Å²) in [6.07, 6.45) is 1.63. The van der Waals surface area contributed by atoms with E-state index in [2.05, 4.69) is 54.5 Å². The lowest BCUT2D eigenvalue weighted by atomic mass is 10.00. The van der Waals surface area contributed by atoms with Crippen LogP contribution in [-0.2, 0) is 4.74 Å². The van der Waals surface area contributed by atoms with E-state index in [1.165, 1.54) is 12.0 Å². The molecule has 20 heavy (non-hydrogen) atoms. The van der Waals surface area contributed by atoms with E-state index >= 15 is 0 Å². The number of ether oxygens (including phenoxy) is 1. The summed E-state index contributed by atoms with van der Waals surface area (Å²) in [6, 6.07) is 11.4. The fourth-order valence-electron chi connectivity index (χ4n) is 3.61. The molecule has 1 aromatic rings. The third kappa shape index (κ3) is 2.90. The van der Waals surface area contributed by atoms with E-state index in [0.29, 0.717) is 18.1 Å². The van der Waals surface area contributed by atoms with Crippen LogP contribution in [0, 0.1) is 5.92 Å². The zero-order chi connectivity index (χ0) is 13.9.